The molecule has 0 aliphatic carbocycles. The minimum Gasteiger partial charge on any atom is -0.280 e. The molecule has 1 saturated heterocycles. The molecule has 0 spiro atoms. The third kappa shape index (κ3) is 4.38. The highest BCUT2D eigenvalue weighted by atomic mass is 32.2. The molecule has 0 amide bonds. The fourth-order valence-electron chi connectivity index (χ4n) is 3.61. The Kier molecular flexibility index (Phi) is 6.01. The summed E-state index contributed by atoms with van der Waals surface area (Å²) < 4.78 is 56.9. The van der Waals surface area contributed by atoms with Crippen LogP contribution in [0.2, 0.25) is 0 Å². The molecule has 0 unspecified atom stereocenters. The summed E-state index contributed by atoms with van der Waals surface area (Å²) in [5.74, 6) is 0.568. The van der Waals surface area contributed by atoms with Crippen LogP contribution in [0, 0.1) is 13.8 Å². The van der Waals surface area contributed by atoms with E-state index in [0.29, 0.717) is 30.3 Å². The zero-order valence-electron chi connectivity index (χ0n) is 17.8. The summed E-state index contributed by atoms with van der Waals surface area (Å²) in [7, 11) is -7.55. The topological polar surface area (TPSA) is 127 Å². The van der Waals surface area contributed by atoms with Gasteiger partial charge in [0, 0.05) is 13.1 Å². The monoisotopic (exact) mass is 476 g/mol. The van der Waals surface area contributed by atoms with Gasteiger partial charge in [-0.15, -0.1) is 5.10 Å². The average Bonchev–Trinajstić information content (AvgIpc) is 3.21. The Hall–Kier alpha value is -2.83. The lowest BCUT2D eigenvalue weighted by Gasteiger charge is -2.25. The highest BCUT2D eigenvalue weighted by Crippen LogP contribution is 2.25. The number of hydrogen-bond acceptors (Lipinski definition) is 7. The van der Waals surface area contributed by atoms with Crippen molar-refractivity contribution in [1.29, 1.82) is 0 Å². The first kappa shape index (κ1) is 22.4. The number of tetrazole rings is 1. The molecule has 170 valence electrons. The highest BCUT2D eigenvalue weighted by Gasteiger charge is 2.26. The van der Waals surface area contributed by atoms with Crippen LogP contribution in [0.1, 0.15) is 30.7 Å². The van der Waals surface area contributed by atoms with Crippen molar-refractivity contribution in [3.05, 3.63) is 53.9 Å². The molecule has 0 saturated carbocycles. The fourth-order valence-corrected chi connectivity index (χ4v) is 6.18. The molecule has 2 heterocycles. The Labute approximate surface area is 187 Å². The van der Waals surface area contributed by atoms with Gasteiger partial charge in [0.1, 0.15) is 0 Å². The van der Waals surface area contributed by atoms with E-state index in [1.54, 1.807) is 25.1 Å². The van der Waals surface area contributed by atoms with Crippen LogP contribution in [-0.4, -0.2) is 54.4 Å². The van der Waals surface area contributed by atoms with Crippen LogP contribution in [0.5, 0.6) is 0 Å². The third-order valence-corrected chi connectivity index (χ3v) is 8.71. The van der Waals surface area contributed by atoms with Gasteiger partial charge in [0.25, 0.3) is 10.0 Å². The van der Waals surface area contributed by atoms with Gasteiger partial charge in [-0.1, -0.05) is 12.5 Å². The van der Waals surface area contributed by atoms with Crippen LogP contribution < -0.4 is 4.72 Å². The predicted molar refractivity (Wildman–Crippen MR) is 118 cm³/mol. The largest absolute Gasteiger partial charge is 0.280 e. The average molecular weight is 477 g/mol. The zero-order chi connectivity index (χ0) is 22.9. The highest BCUT2D eigenvalue weighted by molar-refractivity contribution is 7.92. The minimum absolute atomic E-state index is 0.0316. The summed E-state index contributed by atoms with van der Waals surface area (Å²) in [6, 6.07) is 10.3. The Morgan fingerprint density at radius 1 is 0.875 bits per heavy atom. The summed E-state index contributed by atoms with van der Waals surface area (Å²) in [6.07, 6.45) is 2.68. The Balaban J connectivity index is 1.57. The molecule has 3 aromatic rings. The third-order valence-electron chi connectivity index (χ3n) is 5.40. The lowest BCUT2D eigenvalue weighted by Crippen LogP contribution is -2.35. The van der Waals surface area contributed by atoms with Crippen LogP contribution in [0.4, 0.5) is 5.69 Å². The van der Waals surface area contributed by atoms with Crippen molar-refractivity contribution in [2.24, 2.45) is 0 Å². The molecular formula is C20H24N6O4S2. The summed E-state index contributed by atoms with van der Waals surface area (Å²) in [6.45, 7) is 4.59. The summed E-state index contributed by atoms with van der Waals surface area (Å²) >= 11 is 0. The van der Waals surface area contributed by atoms with E-state index in [1.807, 2.05) is 6.92 Å². The van der Waals surface area contributed by atoms with Gasteiger partial charge in [0.2, 0.25) is 10.0 Å². The smallest absolute Gasteiger partial charge is 0.261 e. The maximum Gasteiger partial charge on any atom is 0.261 e. The molecule has 1 aliphatic heterocycles. The number of benzene rings is 2. The van der Waals surface area contributed by atoms with Crippen LogP contribution in [-0.2, 0) is 20.0 Å². The number of hydrogen-bond donors (Lipinski definition) is 1. The van der Waals surface area contributed by atoms with Gasteiger partial charge in [-0.3, -0.25) is 4.72 Å². The minimum atomic E-state index is -3.93. The quantitative estimate of drug-likeness (QED) is 0.578. The van der Waals surface area contributed by atoms with Crippen LogP contribution in [0.25, 0.3) is 5.69 Å². The molecule has 2 aromatic carbocycles. The molecule has 4 rings (SSSR count). The van der Waals surface area contributed by atoms with Gasteiger partial charge in [0.05, 0.1) is 21.2 Å². The zero-order valence-corrected chi connectivity index (χ0v) is 19.4. The Morgan fingerprint density at radius 3 is 2.16 bits per heavy atom. The normalized spacial score (nSPS) is 15.6. The maximum atomic E-state index is 12.9. The van der Waals surface area contributed by atoms with Crippen molar-refractivity contribution in [2.75, 3.05) is 17.8 Å². The van der Waals surface area contributed by atoms with Gasteiger partial charge in [0.15, 0.2) is 5.82 Å². The number of aromatic nitrogens is 4. The van der Waals surface area contributed by atoms with Crippen LogP contribution >= 0.6 is 0 Å². The van der Waals surface area contributed by atoms with E-state index in [0.717, 1.165) is 24.8 Å². The number of sulfonamides is 2. The van der Waals surface area contributed by atoms with E-state index < -0.39 is 20.0 Å². The van der Waals surface area contributed by atoms with Gasteiger partial charge >= 0.3 is 0 Å². The first-order valence-electron chi connectivity index (χ1n) is 10.2. The molecule has 1 aromatic heterocycles. The number of anilines is 1. The standard InChI is InChI=1S/C20H24N6O4S2/c1-15-6-7-17(14-20(15)26-16(2)21-23-24-26)22-31(27,28)18-8-10-19(11-9-18)32(29,30)25-12-4-3-5-13-25/h6-11,14,22H,3-5,12-13H2,1-2H3. The molecule has 1 N–H and O–H groups in total. The molecular weight excluding hydrogens is 452 g/mol. The molecule has 32 heavy (non-hydrogen) atoms. The second-order valence-electron chi connectivity index (χ2n) is 7.68. The second kappa shape index (κ2) is 8.60. The fraction of sp³-hybridized carbons (Fsp3) is 0.350. The number of rotatable bonds is 6. The van der Waals surface area contributed by atoms with E-state index in [1.165, 1.54) is 33.3 Å². The van der Waals surface area contributed by atoms with Crippen molar-refractivity contribution in [3.63, 3.8) is 0 Å². The lowest BCUT2D eigenvalue weighted by atomic mass is 10.2. The first-order chi connectivity index (χ1) is 15.2. The number of nitrogens with zero attached hydrogens (tertiary/aromatic N) is 5. The van der Waals surface area contributed by atoms with Crippen molar-refractivity contribution in [3.8, 4) is 5.69 Å². The van der Waals surface area contributed by atoms with Gasteiger partial charge in [-0.05, 0) is 79.1 Å². The SMILES string of the molecule is Cc1ccc(NS(=O)(=O)c2ccc(S(=O)(=O)N3CCCCC3)cc2)cc1-n1nnnc1C. The van der Waals surface area contributed by atoms with Crippen molar-refractivity contribution in [1.82, 2.24) is 24.5 Å². The molecule has 0 bridgehead atoms. The molecule has 1 aliphatic rings. The number of nitrogens with one attached hydrogen (secondary N) is 1. The van der Waals surface area contributed by atoms with E-state index in [9.17, 15) is 16.8 Å². The van der Waals surface area contributed by atoms with E-state index in [4.69, 9.17) is 0 Å². The second-order valence-corrected chi connectivity index (χ2v) is 11.3. The van der Waals surface area contributed by atoms with Gasteiger partial charge < -0.3 is 0 Å². The molecule has 0 atom stereocenters. The van der Waals surface area contributed by atoms with E-state index >= 15 is 0 Å². The molecule has 0 radical (unpaired) electrons. The van der Waals surface area contributed by atoms with Crippen LogP contribution in [0.15, 0.2) is 52.3 Å². The van der Waals surface area contributed by atoms with Crippen molar-refractivity contribution in [2.45, 2.75) is 42.9 Å². The van der Waals surface area contributed by atoms with Crippen LogP contribution in [0.3, 0.4) is 0 Å². The molecule has 12 heteroatoms. The first-order valence-corrected chi connectivity index (χ1v) is 13.1. The Bertz CT molecular complexity index is 1330. The summed E-state index contributed by atoms with van der Waals surface area (Å²) in [5, 5.41) is 11.4. The lowest BCUT2D eigenvalue weighted by molar-refractivity contribution is 0.346. The van der Waals surface area contributed by atoms with Crippen molar-refractivity contribution >= 4 is 25.7 Å². The molecule has 10 nitrogen and oxygen atoms in total. The number of aryl methyl sites for hydroxylation is 2. The predicted octanol–water partition coefficient (Wildman–Crippen LogP) is 2.25. The maximum absolute atomic E-state index is 12.9. The van der Waals surface area contributed by atoms with Crippen molar-refractivity contribution < 1.29 is 16.8 Å². The van der Waals surface area contributed by atoms with Gasteiger partial charge in [-0.25, -0.2) is 16.8 Å². The number of piperidine rings is 1. The Morgan fingerprint density at radius 2 is 1.53 bits per heavy atom. The van der Waals surface area contributed by atoms with Gasteiger partial charge in [-0.2, -0.15) is 8.99 Å². The van der Waals surface area contributed by atoms with E-state index in [-0.39, 0.29) is 9.79 Å². The summed E-state index contributed by atoms with van der Waals surface area (Å²) in [5.41, 5.74) is 1.86. The molecule has 1 fully saturated rings. The van der Waals surface area contributed by atoms with E-state index in [2.05, 4.69) is 20.2 Å². The summed E-state index contributed by atoms with van der Waals surface area (Å²) in [4.78, 5) is 0.0564.